The number of unbranched alkanes of at least 4 members (excludes halogenated alkanes) is 57. The number of hydrogen-bond acceptors (Lipinski definition) is 15. The Morgan fingerprint density at radius 1 is 0.260 bits per heavy atom. The van der Waals surface area contributed by atoms with E-state index in [1.807, 2.05) is 0 Å². The van der Waals surface area contributed by atoms with E-state index < -0.39 is 97.5 Å². The molecule has 0 amide bonds. The highest BCUT2D eigenvalue weighted by atomic mass is 31.2. The minimum Gasteiger partial charge on any atom is -0.462 e. The van der Waals surface area contributed by atoms with Crippen LogP contribution < -0.4 is 0 Å². The number of ether oxygens (including phenoxy) is 4. The van der Waals surface area contributed by atoms with Gasteiger partial charge in [0.1, 0.15) is 19.3 Å². The van der Waals surface area contributed by atoms with Gasteiger partial charge in [0.15, 0.2) is 12.2 Å². The van der Waals surface area contributed by atoms with Gasteiger partial charge in [0, 0.05) is 25.7 Å². The van der Waals surface area contributed by atoms with Gasteiger partial charge in [-0.05, 0) is 31.6 Å². The van der Waals surface area contributed by atoms with E-state index >= 15 is 0 Å². The van der Waals surface area contributed by atoms with Crippen LogP contribution in [0.3, 0.4) is 0 Å². The average molecular weight is 1520 g/mol. The number of hydrogen-bond donors (Lipinski definition) is 3. The van der Waals surface area contributed by atoms with Gasteiger partial charge in [-0.3, -0.25) is 37.3 Å². The second-order valence-corrected chi connectivity index (χ2v) is 34.0. The number of rotatable bonds is 85. The fraction of sp³-hybridized carbons (Fsp3) is 0.953. The molecule has 3 N–H and O–H groups in total. The molecule has 0 bridgehead atoms. The molecular weight excluding hydrogens is 1350 g/mol. The minimum absolute atomic E-state index is 0.108. The SMILES string of the molecule is CCCCCCCCCCCCCCCCCCCCCC(=O)OC[C@H](COP(=O)(O)OC[C@@H](O)COP(=O)(O)OC[C@@H](COC(=O)CCCCCCCCCCCCC)OC(=O)CCCCCCCCCCCCCCC(C)C)OC(=O)CCCCCCCCCCCCCCCCCCCCC. The molecule has 5 atom stereocenters. The Balaban J connectivity index is 5.24. The summed E-state index contributed by atoms with van der Waals surface area (Å²) < 4.78 is 68.9. The van der Waals surface area contributed by atoms with Crippen LogP contribution in [-0.2, 0) is 65.4 Å². The molecule has 19 heteroatoms. The van der Waals surface area contributed by atoms with E-state index in [1.165, 1.54) is 283 Å². The number of esters is 4. The highest BCUT2D eigenvalue weighted by Gasteiger charge is 2.30. The highest BCUT2D eigenvalue weighted by Crippen LogP contribution is 2.45. The zero-order chi connectivity index (χ0) is 76.2. The largest absolute Gasteiger partial charge is 0.472 e. The number of aliphatic hydroxyl groups excluding tert-OH is 1. The van der Waals surface area contributed by atoms with E-state index in [0.717, 1.165) is 95.8 Å². The van der Waals surface area contributed by atoms with Gasteiger partial charge >= 0.3 is 39.5 Å². The van der Waals surface area contributed by atoms with Gasteiger partial charge in [0.25, 0.3) is 0 Å². The zero-order valence-corrected chi connectivity index (χ0v) is 70.0. The Morgan fingerprint density at radius 2 is 0.442 bits per heavy atom. The summed E-state index contributed by atoms with van der Waals surface area (Å²) in [4.78, 5) is 73.2. The summed E-state index contributed by atoms with van der Waals surface area (Å²) in [7, 11) is -9.92. The van der Waals surface area contributed by atoms with Crippen LogP contribution in [-0.4, -0.2) is 96.7 Å². The molecule has 0 aromatic carbocycles. The van der Waals surface area contributed by atoms with Crippen LogP contribution in [0.2, 0.25) is 0 Å². The third kappa shape index (κ3) is 78.2. The first-order valence-corrected chi connectivity index (χ1v) is 47.1. The summed E-state index contributed by atoms with van der Waals surface area (Å²) in [6.45, 7) is 7.37. The number of phosphoric acid groups is 2. The lowest BCUT2D eigenvalue weighted by Gasteiger charge is -2.21. The summed E-state index contributed by atoms with van der Waals surface area (Å²) in [5.41, 5.74) is 0. The Morgan fingerprint density at radius 3 is 0.654 bits per heavy atom. The van der Waals surface area contributed by atoms with Crippen LogP contribution in [0.15, 0.2) is 0 Å². The predicted octanol–water partition coefficient (Wildman–Crippen LogP) is 26.0. The molecule has 0 fully saturated rings. The molecule has 0 aliphatic rings. The molecule has 0 aromatic heterocycles. The minimum atomic E-state index is -4.96. The van der Waals surface area contributed by atoms with Crippen molar-refractivity contribution in [2.24, 2.45) is 5.92 Å². The van der Waals surface area contributed by atoms with Crippen molar-refractivity contribution in [3.63, 3.8) is 0 Å². The molecule has 17 nitrogen and oxygen atoms in total. The maximum Gasteiger partial charge on any atom is 0.472 e. The molecule has 104 heavy (non-hydrogen) atoms. The molecule has 0 aliphatic heterocycles. The van der Waals surface area contributed by atoms with Crippen LogP contribution >= 0.6 is 15.6 Å². The van der Waals surface area contributed by atoms with E-state index in [1.54, 1.807) is 0 Å². The van der Waals surface area contributed by atoms with Gasteiger partial charge < -0.3 is 33.8 Å². The van der Waals surface area contributed by atoms with E-state index in [4.69, 9.17) is 37.0 Å². The maximum atomic E-state index is 13.1. The molecule has 0 radical (unpaired) electrons. The smallest absolute Gasteiger partial charge is 0.462 e. The highest BCUT2D eigenvalue weighted by molar-refractivity contribution is 7.47. The van der Waals surface area contributed by atoms with E-state index in [0.29, 0.717) is 25.7 Å². The van der Waals surface area contributed by atoms with Gasteiger partial charge in [0.2, 0.25) is 0 Å². The van der Waals surface area contributed by atoms with E-state index in [2.05, 4.69) is 34.6 Å². The lowest BCUT2D eigenvalue weighted by atomic mass is 10.0. The zero-order valence-electron chi connectivity index (χ0n) is 68.2. The maximum absolute atomic E-state index is 13.1. The van der Waals surface area contributed by atoms with E-state index in [9.17, 15) is 43.2 Å². The van der Waals surface area contributed by atoms with E-state index in [-0.39, 0.29) is 25.7 Å². The lowest BCUT2D eigenvalue weighted by molar-refractivity contribution is -0.161. The van der Waals surface area contributed by atoms with Gasteiger partial charge in [-0.15, -0.1) is 0 Å². The first kappa shape index (κ1) is 102. The number of phosphoric ester groups is 2. The summed E-state index contributed by atoms with van der Waals surface area (Å²) >= 11 is 0. The van der Waals surface area contributed by atoms with Crippen molar-refractivity contribution >= 4 is 39.5 Å². The third-order valence-electron chi connectivity index (χ3n) is 20.0. The van der Waals surface area contributed by atoms with Crippen LogP contribution in [0.1, 0.15) is 458 Å². The molecule has 0 rings (SSSR count). The molecule has 0 aliphatic carbocycles. The molecule has 0 heterocycles. The number of carbonyl (C=O) groups excluding carboxylic acids is 4. The summed E-state index contributed by atoms with van der Waals surface area (Å²) in [6.07, 6.45) is 70.8. The normalized spacial score (nSPS) is 13.8. The summed E-state index contributed by atoms with van der Waals surface area (Å²) in [5, 5.41) is 10.7. The van der Waals surface area contributed by atoms with Crippen molar-refractivity contribution in [2.75, 3.05) is 39.6 Å². The molecule has 618 valence electrons. The molecule has 2 unspecified atom stereocenters. The Kier molecular flexibility index (Phi) is 76.3. The van der Waals surface area contributed by atoms with Crippen LogP contribution in [0.25, 0.3) is 0 Å². The molecule has 0 spiro atoms. The monoisotopic (exact) mass is 1520 g/mol. The van der Waals surface area contributed by atoms with Crippen molar-refractivity contribution in [3.8, 4) is 0 Å². The fourth-order valence-corrected chi connectivity index (χ4v) is 14.9. The Bertz CT molecular complexity index is 1980. The first-order chi connectivity index (χ1) is 50.5. The third-order valence-corrected chi connectivity index (χ3v) is 21.9. The summed E-state index contributed by atoms with van der Waals surface area (Å²) in [5.74, 6) is -1.32. The number of aliphatic hydroxyl groups is 1. The topological polar surface area (TPSA) is 237 Å². The van der Waals surface area contributed by atoms with Gasteiger partial charge in [-0.1, -0.05) is 407 Å². The number of carbonyl (C=O) groups is 4. The predicted molar refractivity (Wildman–Crippen MR) is 428 cm³/mol. The van der Waals surface area contributed by atoms with Crippen molar-refractivity contribution in [1.29, 1.82) is 0 Å². The molecule has 0 aromatic rings. The average Bonchev–Trinajstić information content (AvgIpc) is 0.905. The van der Waals surface area contributed by atoms with Crippen LogP contribution in [0.5, 0.6) is 0 Å². The van der Waals surface area contributed by atoms with Crippen LogP contribution in [0, 0.1) is 5.92 Å². The Hall–Kier alpha value is -1.94. The van der Waals surface area contributed by atoms with Gasteiger partial charge in [-0.25, -0.2) is 9.13 Å². The molecule has 0 saturated heterocycles. The van der Waals surface area contributed by atoms with Crippen molar-refractivity contribution < 1.29 is 80.2 Å². The lowest BCUT2D eigenvalue weighted by Crippen LogP contribution is -2.30. The standard InChI is InChI=1S/C85H166O17P2/c1-6-9-12-15-18-21-24-26-28-30-32-34-36-38-44-49-54-59-64-69-83(88)96-75-81(101-84(89)70-65-60-55-50-45-39-37-35-33-31-29-27-25-22-19-16-13-10-7-2)77-100-104(93,94)98-73-79(86)72-97-103(91,92)99-76-80(74-95-82(87)68-63-58-53-48-42-23-20-17-14-11-8-3)102-85(90)71-66-61-56-51-46-41-40-43-47-52-57-62-67-78(4)5/h78-81,86H,6-77H2,1-5H3,(H,91,92)(H,93,94)/t79-,80+,81+/m0/s1. The van der Waals surface area contributed by atoms with Crippen molar-refractivity contribution in [2.45, 2.75) is 477 Å². The first-order valence-electron chi connectivity index (χ1n) is 44.1. The van der Waals surface area contributed by atoms with Crippen molar-refractivity contribution in [3.05, 3.63) is 0 Å². The second-order valence-electron chi connectivity index (χ2n) is 31.1. The van der Waals surface area contributed by atoms with Gasteiger partial charge in [-0.2, -0.15) is 0 Å². The van der Waals surface area contributed by atoms with Gasteiger partial charge in [0.05, 0.1) is 26.4 Å². The quantitative estimate of drug-likeness (QED) is 0.0222. The van der Waals surface area contributed by atoms with Crippen LogP contribution in [0.4, 0.5) is 0 Å². The molecular formula is C85H166O17P2. The second kappa shape index (κ2) is 77.8. The fourth-order valence-electron chi connectivity index (χ4n) is 13.3. The van der Waals surface area contributed by atoms with Crippen molar-refractivity contribution in [1.82, 2.24) is 0 Å². The molecule has 0 saturated carbocycles. The Labute approximate surface area is 638 Å². The summed E-state index contributed by atoms with van der Waals surface area (Å²) in [6, 6.07) is 0.